The molecule has 1 aromatic heterocycles. The molecule has 2 rings (SSSR count). The van der Waals surface area contributed by atoms with Crippen molar-refractivity contribution < 1.29 is 9.53 Å². The van der Waals surface area contributed by atoms with E-state index in [0.717, 1.165) is 34.5 Å². The standard InChI is InChI=1S/C13H19BrN2O2S/c1-2-18-13(17)9-5-3-8(4-6-9)11(15)12-16-7-10(14)19-12/h7-9,11H,2-6,15H2,1H3. The van der Waals surface area contributed by atoms with E-state index in [1.54, 1.807) is 17.5 Å². The molecule has 1 aromatic rings. The summed E-state index contributed by atoms with van der Waals surface area (Å²) in [5.41, 5.74) is 6.27. The predicted molar refractivity (Wildman–Crippen MR) is 78.8 cm³/mol. The highest BCUT2D eigenvalue weighted by Crippen LogP contribution is 2.37. The molecule has 1 atom stereocenters. The molecule has 2 N–H and O–H groups in total. The maximum atomic E-state index is 11.7. The van der Waals surface area contributed by atoms with Crippen molar-refractivity contribution in [2.24, 2.45) is 17.6 Å². The Morgan fingerprint density at radius 2 is 2.26 bits per heavy atom. The van der Waals surface area contributed by atoms with Gasteiger partial charge in [0, 0.05) is 0 Å². The Morgan fingerprint density at radius 3 is 2.79 bits per heavy atom. The Bertz CT molecular complexity index is 430. The second-order valence-corrected chi connectivity index (χ2v) is 7.33. The molecule has 1 aliphatic rings. The molecular weight excluding hydrogens is 328 g/mol. The third-order valence-electron chi connectivity index (χ3n) is 3.68. The van der Waals surface area contributed by atoms with E-state index in [1.807, 2.05) is 6.92 Å². The SMILES string of the molecule is CCOC(=O)C1CCC(C(N)c2ncc(Br)s2)CC1. The van der Waals surface area contributed by atoms with Crippen molar-refractivity contribution in [3.63, 3.8) is 0 Å². The first-order valence-electron chi connectivity index (χ1n) is 6.65. The summed E-state index contributed by atoms with van der Waals surface area (Å²) in [7, 11) is 0. The molecule has 1 saturated carbocycles. The Hall–Kier alpha value is -0.460. The molecule has 0 bridgehead atoms. The lowest BCUT2D eigenvalue weighted by molar-refractivity contribution is -0.149. The minimum atomic E-state index is -0.0495. The Labute approximate surface area is 125 Å². The van der Waals surface area contributed by atoms with Crippen LogP contribution in [0.1, 0.15) is 43.7 Å². The maximum Gasteiger partial charge on any atom is 0.308 e. The molecule has 0 saturated heterocycles. The lowest BCUT2D eigenvalue weighted by atomic mass is 9.79. The predicted octanol–water partition coefficient (Wildman–Crippen LogP) is 3.27. The summed E-state index contributed by atoms with van der Waals surface area (Å²) in [6.07, 6.45) is 5.50. The van der Waals surface area contributed by atoms with Crippen LogP contribution in [-0.4, -0.2) is 17.6 Å². The van der Waals surface area contributed by atoms with E-state index in [0.29, 0.717) is 12.5 Å². The Morgan fingerprint density at radius 1 is 1.58 bits per heavy atom. The van der Waals surface area contributed by atoms with Gasteiger partial charge >= 0.3 is 5.97 Å². The van der Waals surface area contributed by atoms with E-state index < -0.39 is 0 Å². The van der Waals surface area contributed by atoms with Crippen LogP contribution in [0.5, 0.6) is 0 Å². The van der Waals surface area contributed by atoms with Crippen LogP contribution in [-0.2, 0) is 9.53 Å². The van der Waals surface area contributed by atoms with Crippen LogP contribution in [0.25, 0.3) is 0 Å². The number of halogens is 1. The second-order valence-electron chi connectivity index (χ2n) is 4.89. The summed E-state index contributed by atoms with van der Waals surface area (Å²) in [5.74, 6) is 0.432. The van der Waals surface area contributed by atoms with Gasteiger partial charge < -0.3 is 10.5 Å². The van der Waals surface area contributed by atoms with Crippen LogP contribution in [0.4, 0.5) is 0 Å². The van der Waals surface area contributed by atoms with Gasteiger partial charge in [-0.25, -0.2) is 4.98 Å². The fourth-order valence-electron chi connectivity index (χ4n) is 2.60. The van der Waals surface area contributed by atoms with Crippen LogP contribution < -0.4 is 5.73 Å². The number of nitrogens with two attached hydrogens (primary N) is 1. The van der Waals surface area contributed by atoms with Crippen LogP contribution >= 0.6 is 27.3 Å². The van der Waals surface area contributed by atoms with Crippen molar-refractivity contribution in [2.75, 3.05) is 6.61 Å². The molecule has 0 aliphatic heterocycles. The highest BCUT2D eigenvalue weighted by atomic mass is 79.9. The average molecular weight is 347 g/mol. The normalized spacial score (nSPS) is 25.0. The summed E-state index contributed by atoms with van der Waals surface area (Å²) < 4.78 is 6.09. The summed E-state index contributed by atoms with van der Waals surface area (Å²) in [6, 6.07) is -0.0144. The Balaban J connectivity index is 1.87. The quantitative estimate of drug-likeness (QED) is 0.849. The van der Waals surface area contributed by atoms with Gasteiger partial charge in [0.2, 0.25) is 0 Å². The van der Waals surface area contributed by atoms with Crippen LogP contribution in [0, 0.1) is 11.8 Å². The number of rotatable bonds is 4. The number of nitrogens with zero attached hydrogens (tertiary/aromatic N) is 1. The lowest BCUT2D eigenvalue weighted by Gasteiger charge is -2.30. The topological polar surface area (TPSA) is 65.2 Å². The average Bonchev–Trinajstić information content (AvgIpc) is 2.85. The molecule has 0 radical (unpaired) electrons. The highest BCUT2D eigenvalue weighted by Gasteiger charge is 2.31. The van der Waals surface area contributed by atoms with Crippen molar-refractivity contribution in [1.82, 2.24) is 4.98 Å². The third-order valence-corrected chi connectivity index (χ3v) is 5.26. The van der Waals surface area contributed by atoms with Gasteiger partial charge in [0.05, 0.1) is 28.5 Å². The molecular formula is C13H19BrN2O2S. The number of carbonyl (C=O) groups is 1. The summed E-state index contributed by atoms with van der Waals surface area (Å²) >= 11 is 5.00. The van der Waals surface area contributed by atoms with Crippen molar-refractivity contribution in [3.8, 4) is 0 Å². The van der Waals surface area contributed by atoms with Gasteiger partial charge in [-0.15, -0.1) is 11.3 Å². The van der Waals surface area contributed by atoms with Crippen LogP contribution in [0.2, 0.25) is 0 Å². The minimum absolute atomic E-state index is 0.0144. The Kier molecular flexibility index (Phi) is 5.36. The zero-order valence-corrected chi connectivity index (χ0v) is 13.4. The maximum absolute atomic E-state index is 11.7. The van der Waals surface area contributed by atoms with Crippen molar-refractivity contribution in [3.05, 3.63) is 15.0 Å². The van der Waals surface area contributed by atoms with E-state index in [1.165, 1.54) is 0 Å². The summed E-state index contributed by atoms with van der Waals surface area (Å²) in [6.45, 7) is 2.31. The van der Waals surface area contributed by atoms with Gasteiger partial charge in [-0.1, -0.05) is 0 Å². The first-order valence-corrected chi connectivity index (χ1v) is 8.26. The first-order chi connectivity index (χ1) is 9.11. The minimum Gasteiger partial charge on any atom is -0.466 e. The lowest BCUT2D eigenvalue weighted by Crippen LogP contribution is -2.29. The summed E-state index contributed by atoms with van der Waals surface area (Å²) in [4.78, 5) is 16.0. The number of esters is 1. The van der Waals surface area contributed by atoms with E-state index in [4.69, 9.17) is 10.5 Å². The van der Waals surface area contributed by atoms with Gasteiger partial charge in [0.1, 0.15) is 5.01 Å². The first kappa shape index (κ1) is 14.9. The molecule has 1 heterocycles. The molecule has 4 nitrogen and oxygen atoms in total. The van der Waals surface area contributed by atoms with Crippen molar-refractivity contribution in [1.29, 1.82) is 0 Å². The molecule has 1 fully saturated rings. The fraction of sp³-hybridized carbons (Fsp3) is 0.692. The van der Waals surface area contributed by atoms with E-state index >= 15 is 0 Å². The molecule has 106 valence electrons. The van der Waals surface area contributed by atoms with Gasteiger partial charge in [-0.2, -0.15) is 0 Å². The zero-order chi connectivity index (χ0) is 13.8. The number of thiazole rings is 1. The molecule has 1 unspecified atom stereocenters. The number of ether oxygens (including phenoxy) is 1. The monoisotopic (exact) mass is 346 g/mol. The van der Waals surface area contributed by atoms with Gasteiger partial charge in [-0.3, -0.25) is 4.79 Å². The van der Waals surface area contributed by atoms with Crippen LogP contribution in [0.3, 0.4) is 0 Å². The molecule has 0 aromatic carbocycles. The van der Waals surface area contributed by atoms with E-state index in [2.05, 4.69) is 20.9 Å². The van der Waals surface area contributed by atoms with Crippen molar-refractivity contribution >= 4 is 33.2 Å². The number of hydrogen-bond acceptors (Lipinski definition) is 5. The third kappa shape index (κ3) is 3.77. The van der Waals surface area contributed by atoms with Gasteiger partial charge in [-0.05, 0) is 54.5 Å². The molecule has 0 spiro atoms. The molecule has 6 heteroatoms. The molecule has 1 aliphatic carbocycles. The highest BCUT2D eigenvalue weighted by molar-refractivity contribution is 9.11. The zero-order valence-electron chi connectivity index (χ0n) is 11.0. The van der Waals surface area contributed by atoms with E-state index in [-0.39, 0.29) is 17.9 Å². The second kappa shape index (κ2) is 6.81. The number of aromatic nitrogens is 1. The van der Waals surface area contributed by atoms with Gasteiger partial charge in [0.25, 0.3) is 0 Å². The smallest absolute Gasteiger partial charge is 0.308 e. The largest absolute Gasteiger partial charge is 0.466 e. The molecule has 19 heavy (non-hydrogen) atoms. The number of hydrogen-bond donors (Lipinski definition) is 1. The fourth-order valence-corrected chi connectivity index (χ4v) is 3.94. The number of carbonyl (C=O) groups excluding carboxylic acids is 1. The van der Waals surface area contributed by atoms with Crippen LogP contribution in [0.15, 0.2) is 9.98 Å². The molecule has 0 amide bonds. The van der Waals surface area contributed by atoms with Gasteiger partial charge in [0.15, 0.2) is 0 Å². The van der Waals surface area contributed by atoms with Crippen molar-refractivity contribution in [2.45, 2.75) is 38.6 Å². The van der Waals surface area contributed by atoms with E-state index in [9.17, 15) is 4.79 Å². The summed E-state index contributed by atoms with van der Waals surface area (Å²) in [5, 5.41) is 0.978.